The Kier molecular flexibility index (Phi) is 9.85. The average Bonchev–Trinajstić information content (AvgIpc) is 3.54. The monoisotopic (exact) mass is 526 g/mol. The molecule has 0 aromatic carbocycles. The highest BCUT2D eigenvalue weighted by Gasteiger charge is 2.22. The van der Waals surface area contributed by atoms with Gasteiger partial charge < -0.3 is 29.8 Å². The summed E-state index contributed by atoms with van der Waals surface area (Å²) in [4.78, 5) is 61.2. The highest BCUT2D eigenvalue weighted by Crippen LogP contribution is 2.17. The van der Waals surface area contributed by atoms with Crippen LogP contribution in [0.2, 0.25) is 0 Å². The molecule has 0 aliphatic carbocycles. The van der Waals surface area contributed by atoms with Crippen LogP contribution in [0, 0.1) is 0 Å². The SMILES string of the molecule is CNc1cc(C(=O)Nc2cc(C(=O)NCCCOC(=O)CCCCCN3C(=O)C=CC3=O)n(C)c2)n(C)c1. The van der Waals surface area contributed by atoms with E-state index in [1.165, 1.54) is 17.1 Å². The normalized spacial score (nSPS) is 12.7. The van der Waals surface area contributed by atoms with Gasteiger partial charge >= 0.3 is 5.97 Å². The van der Waals surface area contributed by atoms with Crippen LogP contribution in [0.3, 0.4) is 0 Å². The number of unbranched alkanes of at least 4 members (excludes halogenated alkanes) is 2. The van der Waals surface area contributed by atoms with Crippen molar-refractivity contribution >= 4 is 41.0 Å². The van der Waals surface area contributed by atoms with Crippen LogP contribution in [0.1, 0.15) is 53.1 Å². The lowest BCUT2D eigenvalue weighted by molar-refractivity contribution is -0.144. The number of esters is 1. The molecule has 3 heterocycles. The second-order valence-corrected chi connectivity index (χ2v) is 8.96. The van der Waals surface area contributed by atoms with Crippen LogP contribution in [-0.2, 0) is 33.2 Å². The van der Waals surface area contributed by atoms with Gasteiger partial charge in [-0.05, 0) is 31.4 Å². The van der Waals surface area contributed by atoms with E-state index in [0.717, 1.165) is 5.69 Å². The van der Waals surface area contributed by atoms with E-state index in [9.17, 15) is 24.0 Å². The number of nitrogens with one attached hydrogen (secondary N) is 3. The molecule has 0 atom stereocenters. The lowest BCUT2D eigenvalue weighted by Gasteiger charge is -2.13. The van der Waals surface area contributed by atoms with Gasteiger partial charge in [-0.1, -0.05) is 6.42 Å². The number of carbonyl (C=O) groups excluding carboxylic acids is 5. The Balaban J connectivity index is 1.30. The summed E-state index contributed by atoms with van der Waals surface area (Å²) in [5.41, 5.74) is 2.18. The number of aryl methyl sites for hydroxylation is 2. The molecule has 0 spiro atoms. The van der Waals surface area contributed by atoms with Crippen LogP contribution < -0.4 is 16.0 Å². The third-order valence-corrected chi connectivity index (χ3v) is 6.05. The Labute approximate surface area is 221 Å². The van der Waals surface area contributed by atoms with Crippen molar-refractivity contribution < 1.29 is 28.7 Å². The first-order chi connectivity index (χ1) is 18.2. The lowest BCUT2D eigenvalue weighted by Crippen LogP contribution is -2.30. The van der Waals surface area contributed by atoms with Gasteiger partial charge in [0.15, 0.2) is 0 Å². The number of rotatable bonds is 14. The van der Waals surface area contributed by atoms with Crippen molar-refractivity contribution in [3.63, 3.8) is 0 Å². The van der Waals surface area contributed by atoms with Gasteiger partial charge in [-0.25, -0.2) is 0 Å². The average molecular weight is 527 g/mol. The number of aromatic nitrogens is 2. The molecule has 1 aliphatic rings. The topological polar surface area (TPSA) is 144 Å². The van der Waals surface area contributed by atoms with Gasteiger partial charge in [0.1, 0.15) is 11.4 Å². The third-order valence-electron chi connectivity index (χ3n) is 6.05. The van der Waals surface area contributed by atoms with Crippen LogP contribution >= 0.6 is 0 Å². The van der Waals surface area contributed by atoms with E-state index in [-0.39, 0.29) is 42.6 Å². The maximum atomic E-state index is 12.6. The number of ether oxygens (including phenoxy) is 1. The van der Waals surface area contributed by atoms with Gasteiger partial charge in [-0.15, -0.1) is 0 Å². The summed E-state index contributed by atoms with van der Waals surface area (Å²) in [7, 11) is 5.27. The van der Waals surface area contributed by atoms with Crippen LogP contribution in [0.4, 0.5) is 11.4 Å². The van der Waals surface area contributed by atoms with Crippen LogP contribution in [-0.4, -0.2) is 70.4 Å². The van der Waals surface area contributed by atoms with Gasteiger partial charge in [0, 0.05) is 65.2 Å². The smallest absolute Gasteiger partial charge is 0.305 e. The van der Waals surface area contributed by atoms with Gasteiger partial charge in [-0.2, -0.15) is 0 Å². The molecule has 1 aliphatic heterocycles. The predicted molar refractivity (Wildman–Crippen MR) is 141 cm³/mol. The highest BCUT2D eigenvalue weighted by molar-refractivity contribution is 6.12. The summed E-state index contributed by atoms with van der Waals surface area (Å²) in [5.74, 6) is -1.52. The molecule has 38 heavy (non-hydrogen) atoms. The van der Waals surface area contributed by atoms with Gasteiger partial charge in [0.25, 0.3) is 23.6 Å². The maximum Gasteiger partial charge on any atom is 0.305 e. The van der Waals surface area contributed by atoms with E-state index >= 15 is 0 Å². The Morgan fingerprint density at radius 2 is 1.47 bits per heavy atom. The zero-order chi connectivity index (χ0) is 27.7. The fraction of sp³-hybridized carbons (Fsp3) is 0.423. The van der Waals surface area contributed by atoms with Crippen molar-refractivity contribution in [1.82, 2.24) is 19.4 Å². The number of carbonyl (C=O) groups is 5. The molecule has 3 N–H and O–H groups in total. The van der Waals surface area contributed by atoms with E-state index in [1.54, 1.807) is 54.8 Å². The molecule has 3 rings (SSSR count). The minimum atomic E-state index is -0.325. The zero-order valence-corrected chi connectivity index (χ0v) is 21.9. The molecule has 2 aromatic heterocycles. The number of anilines is 2. The number of imide groups is 1. The van der Waals surface area contributed by atoms with Gasteiger partial charge in [-0.3, -0.25) is 28.9 Å². The lowest BCUT2D eigenvalue weighted by atomic mass is 10.2. The second-order valence-electron chi connectivity index (χ2n) is 8.96. The Hall–Kier alpha value is -4.35. The maximum absolute atomic E-state index is 12.6. The van der Waals surface area contributed by atoms with Crippen LogP contribution in [0.25, 0.3) is 0 Å². The van der Waals surface area contributed by atoms with Crippen LogP contribution in [0.15, 0.2) is 36.7 Å². The number of hydrogen-bond acceptors (Lipinski definition) is 7. The summed E-state index contributed by atoms with van der Waals surface area (Å²) in [5, 5.41) is 8.57. The van der Waals surface area contributed by atoms with E-state index < -0.39 is 0 Å². The second kappa shape index (κ2) is 13.3. The number of nitrogens with zero attached hydrogens (tertiary/aromatic N) is 3. The Bertz CT molecular complexity index is 1210. The molecule has 0 saturated heterocycles. The molecule has 0 saturated carbocycles. The summed E-state index contributed by atoms with van der Waals surface area (Å²) >= 11 is 0. The van der Waals surface area contributed by atoms with E-state index in [2.05, 4.69) is 16.0 Å². The predicted octanol–water partition coefficient (Wildman–Crippen LogP) is 1.81. The summed E-state index contributed by atoms with van der Waals surface area (Å²) in [6, 6.07) is 3.33. The minimum absolute atomic E-state index is 0.182. The number of amides is 4. The quantitative estimate of drug-likeness (QED) is 0.193. The summed E-state index contributed by atoms with van der Waals surface area (Å²) in [6.45, 7) is 0.848. The number of hydrogen-bond donors (Lipinski definition) is 3. The van der Waals surface area contributed by atoms with Crippen molar-refractivity contribution in [3.8, 4) is 0 Å². The van der Waals surface area contributed by atoms with Gasteiger partial charge in [0.05, 0.1) is 18.0 Å². The molecular weight excluding hydrogens is 492 g/mol. The van der Waals surface area contributed by atoms with E-state index in [0.29, 0.717) is 55.8 Å². The largest absolute Gasteiger partial charge is 0.466 e. The summed E-state index contributed by atoms with van der Waals surface area (Å²) < 4.78 is 8.54. The zero-order valence-electron chi connectivity index (χ0n) is 21.9. The van der Waals surface area contributed by atoms with Crippen molar-refractivity contribution in [2.24, 2.45) is 14.1 Å². The molecular formula is C26H34N6O6. The van der Waals surface area contributed by atoms with E-state index in [1.807, 2.05) is 0 Å². The molecule has 12 nitrogen and oxygen atoms in total. The molecule has 0 bridgehead atoms. The fourth-order valence-corrected chi connectivity index (χ4v) is 3.97. The third kappa shape index (κ3) is 7.58. The molecule has 204 valence electrons. The van der Waals surface area contributed by atoms with Crippen molar-refractivity contribution in [3.05, 3.63) is 48.1 Å². The summed E-state index contributed by atoms with van der Waals surface area (Å²) in [6.07, 6.45) is 8.62. The van der Waals surface area contributed by atoms with Crippen molar-refractivity contribution in [2.75, 3.05) is 37.4 Å². The standard InChI is InChI=1S/C26H34N6O6/c1-27-18-14-21(30(2)16-18)26(37)29-19-15-20(31(3)17-19)25(36)28-11-7-13-38-24(35)8-5-4-6-12-32-22(33)9-10-23(32)34/h9-10,14-17,27H,4-8,11-13H2,1-3H3,(H,28,36)(H,29,37). The first kappa shape index (κ1) is 28.2. The molecule has 0 unspecified atom stereocenters. The van der Waals surface area contributed by atoms with Crippen LogP contribution in [0.5, 0.6) is 0 Å². The first-order valence-electron chi connectivity index (χ1n) is 12.5. The van der Waals surface area contributed by atoms with Gasteiger partial charge in [0.2, 0.25) is 0 Å². The highest BCUT2D eigenvalue weighted by atomic mass is 16.5. The van der Waals surface area contributed by atoms with E-state index in [4.69, 9.17) is 4.74 Å². The molecule has 4 amide bonds. The first-order valence-corrected chi connectivity index (χ1v) is 12.5. The molecule has 2 aromatic rings. The Morgan fingerprint density at radius 1 is 0.842 bits per heavy atom. The molecule has 0 radical (unpaired) electrons. The van der Waals surface area contributed by atoms with Crippen molar-refractivity contribution in [2.45, 2.75) is 32.1 Å². The van der Waals surface area contributed by atoms with Crippen molar-refractivity contribution in [1.29, 1.82) is 0 Å². The Morgan fingerprint density at radius 3 is 2.13 bits per heavy atom. The molecule has 0 fully saturated rings. The fourth-order valence-electron chi connectivity index (χ4n) is 3.97. The molecule has 12 heteroatoms. The minimum Gasteiger partial charge on any atom is -0.466 e.